The van der Waals surface area contributed by atoms with Crippen LogP contribution in [0.25, 0.3) is 0 Å². The standard InChI is InChI=1S/C15H21NO4/c1-10-7-6-8-13(11(10)2)16(14(17)9-19-4)12(3)15(18)20-5/h6-8,12H,9H2,1-5H3. The summed E-state index contributed by atoms with van der Waals surface area (Å²) in [4.78, 5) is 25.5. The molecule has 1 aromatic carbocycles. The lowest BCUT2D eigenvalue weighted by molar-refractivity contribution is -0.143. The van der Waals surface area contributed by atoms with Crippen molar-refractivity contribution in [1.82, 2.24) is 0 Å². The first-order chi connectivity index (χ1) is 9.43. The van der Waals surface area contributed by atoms with Crippen molar-refractivity contribution in [2.45, 2.75) is 26.8 Å². The summed E-state index contributed by atoms with van der Waals surface area (Å²) in [7, 11) is 2.75. The highest BCUT2D eigenvalue weighted by atomic mass is 16.5. The van der Waals surface area contributed by atoms with Crippen LogP contribution in [0.2, 0.25) is 0 Å². The summed E-state index contributed by atoms with van der Waals surface area (Å²) in [6.07, 6.45) is 0. The Bertz CT molecular complexity index is 499. The Kier molecular flexibility index (Phi) is 5.70. The predicted octanol–water partition coefficient (Wildman–Crippen LogP) is 1.84. The van der Waals surface area contributed by atoms with Gasteiger partial charge in [-0.15, -0.1) is 0 Å². The first-order valence-electron chi connectivity index (χ1n) is 6.39. The molecule has 0 aliphatic rings. The molecule has 0 N–H and O–H groups in total. The molecule has 0 aliphatic heterocycles. The van der Waals surface area contributed by atoms with Gasteiger partial charge in [-0.1, -0.05) is 12.1 Å². The van der Waals surface area contributed by atoms with Crippen LogP contribution < -0.4 is 4.90 Å². The Morgan fingerprint density at radius 2 is 1.90 bits per heavy atom. The number of anilines is 1. The lowest BCUT2D eigenvalue weighted by Crippen LogP contribution is -2.46. The van der Waals surface area contributed by atoms with Crippen molar-refractivity contribution in [2.24, 2.45) is 0 Å². The normalized spacial score (nSPS) is 11.8. The van der Waals surface area contributed by atoms with Gasteiger partial charge in [0.25, 0.3) is 5.91 Å². The number of aryl methyl sites for hydroxylation is 1. The Hall–Kier alpha value is -1.88. The highest BCUT2D eigenvalue weighted by molar-refractivity contribution is 6.00. The van der Waals surface area contributed by atoms with E-state index in [-0.39, 0.29) is 12.5 Å². The van der Waals surface area contributed by atoms with Crippen LogP contribution in [-0.4, -0.2) is 38.7 Å². The molecule has 0 saturated heterocycles. The fraction of sp³-hybridized carbons (Fsp3) is 0.467. The molecule has 5 nitrogen and oxygen atoms in total. The number of hydrogen-bond donors (Lipinski definition) is 0. The Morgan fingerprint density at radius 1 is 1.25 bits per heavy atom. The van der Waals surface area contributed by atoms with Gasteiger partial charge >= 0.3 is 5.97 Å². The second kappa shape index (κ2) is 7.05. The van der Waals surface area contributed by atoms with Crippen LogP contribution in [0.1, 0.15) is 18.1 Å². The zero-order valence-corrected chi connectivity index (χ0v) is 12.6. The average Bonchev–Trinajstić information content (AvgIpc) is 2.43. The third-order valence-corrected chi connectivity index (χ3v) is 3.30. The van der Waals surface area contributed by atoms with Gasteiger partial charge in [0, 0.05) is 12.8 Å². The molecule has 0 aliphatic carbocycles. The molecule has 20 heavy (non-hydrogen) atoms. The van der Waals surface area contributed by atoms with Crippen molar-refractivity contribution in [3.05, 3.63) is 29.3 Å². The molecule has 0 heterocycles. The number of hydrogen-bond acceptors (Lipinski definition) is 4. The number of carbonyl (C=O) groups is 2. The molecule has 0 saturated carbocycles. The monoisotopic (exact) mass is 279 g/mol. The molecule has 110 valence electrons. The summed E-state index contributed by atoms with van der Waals surface area (Å²) >= 11 is 0. The molecular weight excluding hydrogens is 258 g/mol. The van der Waals surface area contributed by atoms with E-state index in [0.29, 0.717) is 5.69 Å². The highest BCUT2D eigenvalue weighted by Crippen LogP contribution is 2.25. The van der Waals surface area contributed by atoms with Gasteiger partial charge < -0.3 is 9.47 Å². The summed E-state index contributed by atoms with van der Waals surface area (Å²) in [5.74, 6) is -0.741. The van der Waals surface area contributed by atoms with Crippen molar-refractivity contribution in [3.63, 3.8) is 0 Å². The summed E-state index contributed by atoms with van der Waals surface area (Å²) in [5.41, 5.74) is 2.70. The zero-order chi connectivity index (χ0) is 15.3. The minimum Gasteiger partial charge on any atom is -0.467 e. The van der Waals surface area contributed by atoms with Gasteiger partial charge in [0.1, 0.15) is 12.6 Å². The van der Waals surface area contributed by atoms with Crippen LogP contribution in [0, 0.1) is 13.8 Å². The summed E-state index contributed by atoms with van der Waals surface area (Å²) in [6.45, 7) is 5.43. The maximum absolute atomic E-state index is 12.3. The molecule has 1 unspecified atom stereocenters. The van der Waals surface area contributed by atoms with Gasteiger partial charge in [-0.2, -0.15) is 0 Å². The van der Waals surface area contributed by atoms with Gasteiger partial charge in [0.05, 0.1) is 7.11 Å². The molecule has 1 aromatic rings. The van der Waals surface area contributed by atoms with E-state index in [4.69, 9.17) is 9.47 Å². The van der Waals surface area contributed by atoms with Crippen LogP contribution in [-0.2, 0) is 19.1 Å². The first kappa shape index (κ1) is 16.2. The van der Waals surface area contributed by atoms with E-state index in [2.05, 4.69) is 0 Å². The smallest absolute Gasteiger partial charge is 0.328 e. The van der Waals surface area contributed by atoms with Crippen LogP contribution in [0.5, 0.6) is 0 Å². The lowest BCUT2D eigenvalue weighted by atomic mass is 10.1. The number of ether oxygens (including phenoxy) is 2. The second-order valence-corrected chi connectivity index (χ2v) is 4.61. The third-order valence-electron chi connectivity index (χ3n) is 3.30. The van der Waals surface area contributed by atoms with Crippen LogP contribution in [0.3, 0.4) is 0 Å². The van der Waals surface area contributed by atoms with Gasteiger partial charge in [-0.3, -0.25) is 9.69 Å². The average molecular weight is 279 g/mol. The van der Waals surface area contributed by atoms with E-state index in [9.17, 15) is 9.59 Å². The number of amides is 1. The molecule has 0 aromatic heterocycles. The fourth-order valence-corrected chi connectivity index (χ4v) is 2.02. The Labute approximate surface area is 119 Å². The minimum atomic E-state index is -0.705. The van der Waals surface area contributed by atoms with E-state index in [1.807, 2.05) is 32.0 Å². The van der Waals surface area contributed by atoms with Crippen molar-refractivity contribution in [3.8, 4) is 0 Å². The number of rotatable bonds is 5. The Balaban J connectivity index is 3.26. The molecule has 0 fully saturated rings. The van der Waals surface area contributed by atoms with Crippen LogP contribution in [0.4, 0.5) is 5.69 Å². The van der Waals surface area contributed by atoms with Crippen molar-refractivity contribution in [2.75, 3.05) is 25.7 Å². The van der Waals surface area contributed by atoms with E-state index < -0.39 is 12.0 Å². The number of methoxy groups -OCH3 is 2. The van der Waals surface area contributed by atoms with Crippen LogP contribution >= 0.6 is 0 Å². The fourth-order valence-electron chi connectivity index (χ4n) is 2.02. The third kappa shape index (κ3) is 3.36. The van der Waals surface area contributed by atoms with Gasteiger partial charge in [0.2, 0.25) is 0 Å². The maximum Gasteiger partial charge on any atom is 0.328 e. The highest BCUT2D eigenvalue weighted by Gasteiger charge is 2.29. The van der Waals surface area contributed by atoms with Crippen molar-refractivity contribution >= 4 is 17.6 Å². The quantitative estimate of drug-likeness (QED) is 0.772. The number of nitrogens with zero attached hydrogens (tertiary/aromatic N) is 1. The van der Waals surface area contributed by atoms with E-state index >= 15 is 0 Å². The number of esters is 1. The molecule has 1 amide bonds. The van der Waals surface area contributed by atoms with Crippen molar-refractivity contribution in [1.29, 1.82) is 0 Å². The second-order valence-electron chi connectivity index (χ2n) is 4.61. The largest absolute Gasteiger partial charge is 0.467 e. The first-order valence-corrected chi connectivity index (χ1v) is 6.39. The zero-order valence-electron chi connectivity index (χ0n) is 12.6. The summed E-state index contributed by atoms with van der Waals surface area (Å²) in [5, 5.41) is 0. The topological polar surface area (TPSA) is 55.8 Å². The van der Waals surface area contributed by atoms with Gasteiger partial charge in [-0.25, -0.2) is 4.79 Å². The van der Waals surface area contributed by atoms with Crippen molar-refractivity contribution < 1.29 is 19.1 Å². The van der Waals surface area contributed by atoms with E-state index in [1.54, 1.807) is 6.92 Å². The lowest BCUT2D eigenvalue weighted by Gasteiger charge is -2.29. The predicted molar refractivity (Wildman–Crippen MR) is 76.8 cm³/mol. The number of carbonyl (C=O) groups excluding carboxylic acids is 2. The van der Waals surface area contributed by atoms with Crippen LogP contribution in [0.15, 0.2) is 18.2 Å². The maximum atomic E-state index is 12.3. The summed E-state index contributed by atoms with van der Waals surface area (Å²) in [6, 6.07) is 4.92. The molecule has 0 radical (unpaired) electrons. The molecule has 1 rings (SSSR count). The summed E-state index contributed by atoms with van der Waals surface area (Å²) < 4.78 is 9.64. The van der Waals surface area contributed by atoms with Gasteiger partial charge in [-0.05, 0) is 38.0 Å². The molecular formula is C15H21NO4. The molecule has 5 heteroatoms. The minimum absolute atomic E-state index is 0.0886. The SMILES string of the molecule is COCC(=O)N(c1cccc(C)c1C)C(C)C(=O)OC. The van der Waals surface area contributed by atoms with E-state index in [1.165, 1.54) is 19.1 Å². The molecule has 1 atom stereocenters. The Morgan fingerprint density at radius 3 is 2.45 bits per heavy atom. The van der Waals surface area contributed by atoms with Gasteiger partial charge in [0.15, 0.2) is 0 Å². The molecule has 0 spiro atoms. The number of benzene rings is 1. The van der Waals surface area contributed by atoms with E-state index in [0.717, 1.165) is 11.1 Å². The molecule has 0 bridgehead atoms.